The van der Waals surface area contributed by atoms with Crippen LogP contribution in [0.25, 0.3) is 0 Å². The summed E-state index contributed by atoms with van der Waals surface area (Å²) < 4.78 is 59.3. The monoisotopic (exact) mass is 580 g/mol. The van der Waals surface area contributed by atoms with Gasteiger partial charge >= 0.3 is 5.97 Å². The molecule has 0 bridgehead atoms. The summed E-state index contributed by atoms with van der Waals surface area (Å²) in [5, 5.41) is 10.8. The minimum Gasteiger partial charge on any atom is -0.467 e. The van der Waals surface area contributed by atoms with E-state index < -0.39 is 67.4 Å². The zero-order valence-electron chi connectivity index (χ0n) is 25.3. The van der Waals surface area contributed by atoms with E-state index >= 15 is 0 Å². The van der Waals surface area contributed by atoms with Gasteiger partial charge in [-0.2, -0.15) is 0 Å². The molecule has 10 atom stereocenters. The Kier molecular flexibility index (Phi) is 17.0. The Hall–Kier alpha value is -0.930. The van der Waals surface area contributed by atoms with Gasteiger partial charge in [0.25, 0.3) is 0 Å². The Morgan fingerprint density at radius 2 is 1.30 bits per heavy atom. The Balaban J connectivity index is 2.44. The third-order valence-corrected chi connectivity index (χ3v) is 7.15. The molecule has 12 heteroatoms. The number of hydrogen-bond donors (Lipinski definition) is 1. The van der Waals surface area contributed by atoms with E-state index in [-0.39, 0.29) is 6.61 Å². The lowest BCUT2D eigenvalue weighted by Gasteiger charge is -2.48. The fourth-order valence-corrected chi connectivity index (χ4v) is 4.82. The van der Waals surface area contributed by atoms with Crippen LogP contribution in [0, 0.1) is 0 Å². The molecule has 0 aliphatic carbocycles. The highest BCUT2D eigenvalue weighted by Crippen LogP contribution is 2.34. The van der Waals surface area contributed by atoms with Crippen molar-refractivity contribution < 1.29 is 57.3 Å². The van der Waals surface area contributed by atoms with Gasteiger partial charge in [-0.05, 0) is 19.3 Å². The maximum absolute atomic E-state index is 12.5. The first-order valence-electron chi connectivity index (χ1n) is 14.5. The van der Waals surface area contributed by atoms with Crippen LogP contribution in [0.3, 0.4) is 0 Å². The molecular formula is C28H52O12. The molecule has 2 heterocycles. The quantitative estimate of drug-likeness (QED) is 0.178. The van der Waals surface area contributed by atoms with Gasteiger partial charge in [0.15, 0.2) is 18.7 Å². The molecule has 0 aromatic heterocycles. The van der Waals surface area contributed by atoms with E-state index in [1.54, 1.807) is 7.11 Å². The summed E-state index contributed by atoms with van der Waals surface area (Å²) in [6.07, 6.45) is -3.46. The number of unbranched alkanes of at least 4 members (excludes halogenated alkanes) is 3. The van der Waals surface area contributed by atoms with Crippen molar-refractivity contribution in [3.63, 3.8) is 0 Å². The van der Waals surface area contributed by atoms with Gasteiger partial charge in [-0.3, -0.25) is 0 Å². The number of hydrogen-bond acceptors (Lipinski definition) is 12. The van der Waals surface area contributed by atoms with Gasteiger partial charge in [-0.15, -0.1) is 0 Å². The number of aliphatic hydroxyl groups excluding tert-OH is 1. The van der Waals surface area contributed by atoms with Gasteiger partial charge < -0.3 is 52.5 Å². The van der Waals surface area contributed by atoms with Crippen molar-refractivity contribution in [2.75, 3.05) is 54.9 Å². The third-order valence-electron chi connectivity index (χ3n) is 7.15. The second-order valence-electron chi connectivity index (χ2n) is 10.0. The SMILES string of the molecule is CCCCOCC1O[C@H](OC)C(OCCCC)[C@@H](OCCCC)[C@@H]1O[C@@H]1OC(C(=O)OC)[C@@H](O)C(OC)[C@@H]1OC. The van der Waals surface area contributed by atoms with Crippen LogP contribution in [0.4, 0.5) is 0 Å². The molecule has 2 rings (SSSR count). The number of rotatable bonds is 19. The van der Waals surface area contributed by atoms with Gasteiger partial charge in [0.1, 0.15) is 42.7 Å². The van der Waals surface area contributed by atoms with Crippen LogP contribution in [-0.4, -0.2) is 127 Å². The summed E-state index contributed by atoms with van der Waals surface area (Å²) in [7, 11) is 5.66. The molecule has 1 N–H and O–H groups in total. The fraction of sp³-hybridized carbons (Fsp3) is 0.964. The molecule has 12 nitrogen and oxygen atoms in total. The first-order chi connectivity index (χ1) is 19.4. The lowest BCUT2D eigenvalue weighted by atomic mass is 9.96. The average molecular weight is 581 g/mol. The van der Waals surface area contributed by atoms with E-state index in [1.807, 2.05) is 0 Å². The summed E-state index contributed by atoms with van der Waals surface area (Å²) >= 11 is 0. The first kappa shape index (κ1) is 35.3. The van der Waals surface area contributed by atoms with Gasteiger partial charge in [0, 0.05) is 41.2 Å². The molecule has 40 heavy (non-hydrogen) atoms. The summed E-state index contributed by atoms with van der Waals surface area (Å²) in [4.78, 5) is 12.5. The molecule has 0 amide bonds. The van der Waals surface area contributed by atoms with Crippen molar-refractivity contribution in [3.8, 4) is 0 Å². The molecule has 236 valence electrons. The third kappa shape index (κ3) is 9.55. The van der Waals surface area contributed by atoms with E-state index in [2.05, 4.69) is 20.8 Å². The lowest BCUT2D eigenvalue weighted by molar-refractivity contribution is -0.364. The molecule has 0 saturated carbocycles. The Labute approximate surface area is 239 Å². The van der Waals surface area contributed by atoms with Gasteiger partial charge in [0.05, 0.1) is 13.7 Å². The summed E-state index contributed by atoms with van der Waals surface area (Å²) in [6, 6.07) is 0. The van der Waals surface area contributed by atoms with Crippen LogP contribution in [-0.2, 0) is 52.2 Å². The molecule has 0 spiro atoms. The van der Waals surface area contributed by atoms with Crippen molar-refractivity contribution in [3.05, 3.63) is 0 Å². The topological polar surface area (TPSA) is 130 Å². The van der Waals surface area contributed by atoms with E-state index in [0.717, 1.165) is 38.5 Å². The zero-order chi connectivity index (χ0) is 29.5. The molecule has 0 aromatic carbocycles. The molecule has 2 fully saturated rings. The molecular weight excluding hydrogens is 528 g/mol. The maximum Gasteiger partial charge on any atom is 0.337 e. The van der Waals surface area contributed by atoms with Crippen LogP contribution >= 0.6 is 0 Å². The predicted molar refractivity (Wildman–Crippen MR) is 144 cm³/mol. The van der Waals surface area contributed by atoms with E-state index in [9.17, 15) is 9.90 Å². The van der Waals surface area contributed by atoms with Crippen molar-refractivity contribution in [1.29, 1.82) is 0 Å². The Morgan fingerprint density at radius 3 is 1.85 bits per heavy atom. The standard InChI is InChI=1S/C28H52O12/c1-8-11-14-35-17-18-20(23(36-15-12-9-2)25(27(34-7)38-18)37-16-13-10-3)39-28-24(32-5)21(31-4)19(29)22(40-28)26(30)33-6/h18-25,27-29H,8-17H2,1-7H3/t18?,19-,20+,21?,22?,23-,24-,25?,27-,28+/m0/s1. The van der Waals surface area contributed by atoms with E-state index in [4.69, 9.17) is 47.4 Å². The van der Waals surface area contributed by atoms with Gasteiger partial charge in [-0.25, -0.2) is 4.79 Å². The van der Waals surface area contributed by atoms with Crippen molar-refractivity contribution in [1.82, 2.24) is 0 Å². The highest BCUT2D eigenvalue weighted by Gasteiger charge is 2.54. The molecule has 2 aliphatic rings. The molecule has 2 saturated heterocycles. The van der Waals surface area contributed by atoms with Crippen molar-refractivity contribution in [2.24, 2.45) is 0 Å². The highest BCUT2D eigenvalue weighted by atomic mass is 16.8. The second-order valence-corrected chi connectivity index (χ2v) is 10.0. The maximum atomic E-state index is 12.5. The minimum absolute atomic E-state index is 0.209. The number of carbonyl (C=O) groups excluding carboxylic acids is 1. The lowest BCUT2D eigenvalue weighted by Crippen LogP contribution is -2.66. The summed E-state index contributed by atoms with van der Waals surface area (Å²) in [5.74, 6) is -0.756. The normalized spacial score (nSPS) is 34.6. The second kappa shape index (κ2) is 19.3. The van der Waals surface area contributed by atoms with Gasteiger partial charge in [-0.1, -0.05) is 40.0 Å². The number of aliphatic hydroxyl groups is 1. The number of esters is 1. The predicted octanol–water partition coefficient (Wildman–Crippen LogP) is 2.22. The summed E-state index contributed by atoms with van der Waals surface area (Å²) in [5.41, 5.74) is 0. The van der Waals surface area contributed by atoms with E-state index in [1.165, 1.54) is 21.3 Å². The first-order valence-corrected chi connectivity index (χ1v) is 14.5. The highest BCUT2D eigenvalue weighted by molar-refractivity contribution is 5.75. The molecule has 2 aliphatic heterocycles. The molecule has 4 unspecified atom stereocenters. The summed E-state index contributed by atoms with van der Waals surface area (Å²) in [6.45, 7) is 7.99. The van der Waals surface area contributed by atoms with Crippen LogP contribution in [0.15, 0.2) is 0 Å². The van der Waals surface area contributed by atoms with Gasteiger partial charge in [0.2, 0.25) is 0 Å². The number of carbonyl (C=O) groups is 1. The smallest absolute Gasteiger partial charge is 0.337 e. The number of methoxy groups -OCH3 is 4. The minimum atomic E-state index is -1.35. The Morgan fingerprint density at radius 1 is 0.700 bits per heavy atom. The van der Waals surface area contributed by atoms with E-state index in [0.29, 0.717) is 19.8 Å². The average Bonchev–Trinajstić information content (AvgIpc) is 2.97. The van der Waals surface area contributed by atoms with Crippen molar-refractivity contribution >= 4 is 5.97 Å². The largest absolute Gasteiger partial charge is 0.467 e. The fourth-order valence-electron chi connectivity index (χ4n) is 4.82. The molecule has 0 aromatic rings. The molecule has 0 radical (unpaired) electrons. The van der Waals surface area contributed by atoms with Crippen molar-refractivity contribution in [2.45, 2.75) is 121 Å². The van der Waals surface area contributed by atoms with Crippen LogP contribution in [0.2, 0.25) is 0 Å². The van der Waals surface area contributed by atoms with Crippen LogP contribution < -0.4 is 0 Å². The Bertz CT molecular complexity index is 682. The van der Waals surface area contributed by atoms with Crippen LogP contribution in [0.1, 0.15) is 59.3 Å². The number of ether oxygens (including phenoxy) is 10. The zero-order valence-corrected chi connectivity index (χ0v) is 25.3. The van der Waals surface area contributed by atoms with Crippen LogP contribution in [0.5, 0.6) is 0 Å².